The topological polar surface area (TPSA) is 82.3 Å². The number of aromatic nitrogens is 1. The van der Waals surface area contributed by atoms with Gasteiger partial charge in [-0.05, 0) is 0 Å². The average Bonchev–Trinajstić information content (AvgIpc) is 2.56. The Kier molecular flexibility index (Phi) is 7.11. The van der Waals surface area contributed by atoms with E-state index in [4.69, 9.17) is 11.6 Å². The number of H-pyrrole nitrogens is 1. The van der Waals surface area contributed by atoms with Crippen LogP contribution in [0.4, 0.5) is 0 Å². The number of hydrogen-bond donors (Lipinski definition) is 2. The van der Waals surface area contributed by atoms with E-state index in [9.17, 15) is 14.4 Å². The Balaban J connectivity index is 1.82. The molecule has 1 fully saturated rings. The van der Waals surface area contributed by atoms with Gasteiger partial charge >= 0.3 is 131 Å². The first kappa shape index (κ1) is 21.2. The van der Waals surface area contributed by atoms with E-state index >= 15 is 0 Å². The van der Waals surface area contributed by atoms with Crippen LogP contribution in [0.15, 0.2) is 10.9 Å². The van der Waals surface area contributed by atoms with Gasteiger partial charge in [0, 0.05) is 5.41 Å². The molecule has 0 bridgehead atoms. The summed E-state index contributed by atoms with van der Waals surface area (Å²) in [4.78, 5) is 41.1. The van der Waals surface area contributed by atoms with Crippen LogP contribution < -0.4 is 15.4 Å². The van der Waals surface area contributed by atoms with Crippen LogP contribution in [0.25, 0.3) is 0 Å². The van der Waals surface area contributed by atoms with Crippen LogP contribution >= 0.6 is 11.6 Å². The van der Waals surface area contributed by atoms with Crippen LogP contribution in [0.3, 0.4) is 0 Å². The van der Waals surface area contributed by atoms with E-state index in [0.29, 0.717) is 28.5 Å². The number of amides is 1. The van der Waals surface area contributed by atoms with Crippen LogP contribution in [-0.4, -0.2) is 64.6 Å². The molecule has 6 nitrogen and oxygen atoms in total. The molecule has 1 aromatic rings. The van der Waals surface area contributed by atoms with Crippen LogP contribution in [-0.2, 0) is 4.79 Å². The van der Waals surface area contributed by atoms with E-state index in [1.165, 1.54) is 22.9 Å². The van der Waals surface area contributed by atoms with Crippen molar-refractivity contribution >= 4 is 44.6 Å². The van der Waals surface area contributed by atoms with Crippen molar-refractivity contribution in [1.82, 2.24) is 15.2 Å². The third kappa shape index (κ3) is 5.70. The standard InChI is InChI=1S/C18H27AsClN3O3/c1-18(2,3)14(24)10-23-6-4-11(5-7-23)9-21-16(25)12-8-13(20)15(19)22-17(12)26/h8,11H,4-7,9-10,19H2,1-3H3,(H,21,25)(H,22,26). The van der Waals surface area contributed by atoms with Crippen molar-refractivity contribution in [3.05, 3.63) is 27.0 Å². The van der Waals surface area contributed by atoms with E-state index in [-0.39, 0.29) is 16.8 Å². The van der Waals surface area contributed by atoms with Crippen molar-refractivity contribution in [2.75, 3.05) is 26.2 Å². The van der Waals surface area contributed by atoms with E-state index in [1.54, 1.807) is 0 Å². The van der Waals surface area contributed by atoms with Gasteiger partial charge in [-0.15, -0.1) is 0 Å². The van der Waals surface area contributed by atoms with Gasteiger partial charge in [-0.3, -0.25) is 4.79 Å². The molecule has 0 aliphatic carbocycles. The molecule has 2 rings (SSSR count). The molecule has 8 heteroatoms. The summed E-state index contributed by atoms with van der Waals surface area (Å²) in [7, 11) is 0. The van der Waals surface area contributed by atoms with Gasteiger partial charge in [0.25, 0.3) is 0 Å². The summed E-state index contributed by atoms with van der Waals surface area (Å²) in [6, 6.07) is 1.42. The van der Waals surface area contributed by atoms with Crippen LogP contribution in [0.1, 0.15) is 44.0 Å². The second kappa shape index (κ2) is 8.72. The van der Waals surface area contributed by atoms with Gasteiger partial charge in [0.1, 0.15) is 0 Å². The molecular weight excluding hydrogens is 417 g/mol. The third-order valence-electron chi connectivity index (χ3n) is 4.73. The van der Waals surface area contributed by atoms with Gasteiger partial charge in [0.2, 0.25) is 0 Å². The predicted molar refractivity (Wildman–Crippen MR) is 106 cm³/mol. The van der Waals surface area contributed by atoms with Crippen LogP contribution in [0.2, 0.25) is 5.02 Å². The van der Waals surface area contributed by atoms with E-state index in [0.717, 1.165) is 25.9 Å². The molecule has 2 N–H and O–H groups in total. The number of piperidine rings is 1. The molecule has 0 radical (unpaired) electrons. The molecule has 0 aromatic carbocycles. The van der Waals surface area contributed by atoms with Crippen molar-refractivity contribution in [2.45, 2.75) is 33.6 Å². The maximum atomic E-state index is 12.3. The third-order valence-corrected chi connectivity index (χ3v) is 6.38. The SMILES string of the molecule is CC(C)(C)C(=O)CN1CCC(CNC(=O)c2cc(Cl)c([AsH2])[nH]c2=O)CC1. The van der Waals surface area contributed by atoms with Gasteiger partial charge in [-0.25, -0.2) is 0 Å². The Morgan fingerprint density at radius 2 is 1.96 bits per heavy atom. The summed E-state index contributed by atoms with van der Waals surface area (Å²) in [5, 5.41) is 3.23. The van der Waals surface area contributed by atoms with Crippen LogP contribution in [0.5, 0.6) is 0 Å². The molecule has 1 aliphatic heterocycles. The number of halogens is 1. The molecule has 26 heavy (non-hydrogen) atoms. The summed E-state index contributed by atoms with van der Waals surface area (Å²) in [5.41, 5.74) is -0.680. The summed E-state index contributed by atoms with van der Waals surface area (Å²) < 4.78 is 0.609. The Bertz CT molecular complexity index is 734. The van der Waals surface area contributed by atoms with Crippen molar-refractivity contribution in [1.29, 1.82) is 0 Å². The number of likely N-dealkylation sites (tertiary alicyclic amines) is 1. The quantitative estimate of drug-likeness (QED) is 0.643. The Morgan fingerprint density at radius 1 is 1.35 bits per heavy atom. The summed E-state index contributed by atoms with van der Waals surface area (Å²) in [6.07, 6.45) is 1.84. The number of nitrogens with one attached hydrogen (secondary N) is 2. The predicted octanol–water partition coefficient (Wildman–Crippen LogP) is 0.344. The number of carbonyl (C=O) groups is 2. The fourth-order valence-corrected chi connectivity index (χ4v) is 3.42. The van der Waals surface area contributed by atoms with E-state index < -0.39 is 11.5 Å². The summed E-state index contributed by atoms with van der Waals surface area (Å²) in [5.74, 6) is 0.204. The Labute approximate surface area is 167 Å². The van der Waals surface area contributed by atoms with Crippen molar-refractivity contribution < 1.29 is 9.59 Å². The number of aromatic amines is 1. The minimum atomic E-state index is -0.415. The van der Waals surface area contributed by atoms with Crippen LogP contribution in [0, 0.1) is 11.3 Å². The fourth-order valence-electron chi connectivity index (χ4n) is 2.81. The second-order valence-corrected chi connectivity index (χ2v) is 9.49. The number of hydrogen-bond acceptors (Lipinski definition) is 4. The summed E-state index contributed by atoms with van der Waals surface area (Å²) in [6.45, 7) is 8.53. The Morgan fingerprint density at radius 3 is 2.54 bits per heavy atom. The maximum absolute atomic E-state index is 12.3. The molecular formula is C18H27AsClN3O3. The van der Waals surface area contributed by atoms with Crippen molar-refractivity contribution in [3.8, 4) is 0 Å². The molecule has 1 aromatic heterocycles. The fraction of sp³-hybridized carbons (Fsp3) is 0.611. The molecule has 2 heterocycles. The number of carbonyl (C=O) groups excluding carboxylic acids is 2. The van der Waals surface area contributed by atoms with E-state index in [1.807, 2.05) is 20.8 Å². The number of Topliss-reactive ketones (excluding diaryl/α,β-unsaturated/α-hetero) is 1. The molecule has 1 saturated heterocycles. The number of nitrogens with zero attached hydrogens (tertiary/aromatic N) is 1. The number of rotatable bonds is 5. The molecule has 144 valence electrons. The molecule has 0 spiro atoms. The minimum absolute atomic E-state index is 0.0459. The van der Waals surface area contributed by atoms with E-state index in [2.05, 4.69) is 15.2 Å². The summed E-state index contributed by atoms with van der Waals surface area (Å²) >= 11 is 7.21. The second-order valence-electron chi connectivity index (χ2n) is 7.88. The van der Waals surface area contributed by atoms with Crippen molar-refractivity contribution in [2.24, 2.45) is 11.3 Å². The number of pyridine rings is 1. The monoisotopic (exact) mass is 443 g/mol. The molecule has 1 atom stereocenters. The Hall–Kier alpha value is -1.10. The molecule has 1 aliphatic rings. The zero-order chi connectivity index (χ0) is 19.5. The zero-order valence-electron chi connectivity index (χ0n) is 15.5. The van der Waals surface area contributed by atoms with Gasteiger partial charge in [0.05, 0.1) is 0 Å². The first-order valence-corrected chi connectivity index (χ1v) is 10.4. The number of ketones is 1. The zero-order valence-corrected chi connectivity index (χ0v) is 18.7. The van der Waals surface area contributed by atoms with Gasteiger partial charge in [-0.2, -0.15) is 0 Å². The first-order valence-electron chi connectivity index (χ1n) is 8.80. The van der Waals surface area contributed by atoms with Crippen molar-refractivity contribution in [3.63, 3.8) is 0 Å². The average molecular weight is 444 g/mol. The normalized spacial score (nSPS) is 16.5. The molecule has 0 saturated carbocycles. The van der Waals surface area contributed by atoms with Gasteiger partial charge in [0.15, 0.2) is 5.78 Å². The van der Waals surface area contributed by atoms with Gasteiger partial charge < -0.3 is 0 Å². The van der Waals surface area contributed by atoms with Gasteiger partial charge in [-0.1, -0.05) is 20.8 Å². The first-order chi connectivity index (χ1) is 12.1. The molecule has 1 unspecified atom stereocenters. The molecule has 1 amide bonds.